The van der Waals surface area contributed by atoms with Gasteiger partial charge < -0.3 is 10.5 Å². The molecule has 1 atom stereocenters. The molecule has 94 valence electrons. The minimum Gasteiger partial charge on any atom is -0.465 e. The van der Waals surface area contributed by atoms with E-state index in [2.05, 4.69) is 13.8 Å². The van der Waals surface area contributed by atoms with Crippen LogP contribution in [0, 0.1) is 0 Å². The highest BCUT2D eigenvalue weighted by atomic mass is 32.2. The highest BCUT2D eigenvalue weighted by Gasteiger charge is 2.16. The van der Waals surface area contributed by atoms with E-state index in [-0.39, 0.29) is 5.97 Å². The Balaban J connectivity index is 2.70. The Morgan fingerprint density at radius 3 is 2.41 bits per heavy atom. The molecule has 0 amide bonds. The summed E-state index contributed by atoms with van der Waals surface area (Å²) in [6.45, 7) is 6.41. The van der Waals surface area contributed by atoms with Crippen LogP contribution in [0.2, 0.25) is 0 Å². The molecule has 1 aromatic rings. The van der Waals surface area contributed by atoms with Gasteiger partial charge in [-0.1, -0.05) is 26.0 Å². The van der Waals surface area contributed by atoms with Crippen molar-refractivity contribution in [2.75, 3.05) is 6.61 Å². The van der Waals surface area contributed by atoms with Crippen molar-refractivity contribution in [3.05, 3.63) is 29.8 Å². The van der Waals surface area contributed by atoms with Crippen LogP contribution in [0.25, 0.3) is 0 Å². The van der Waals surface area contributed by atoms with Crippen molar-refractivity contribution in [1.82, 2.24) is 0 Å². The van der Waals surface area contributed by atoms with Crippen LogP contribution < -0.4 is 5.73 Å². The van der Waals surface area contributed by atoms with Gasteiger partial charge >= 0.3 is 5.97 Å². The summed E-state index contributed by atoms with van der Waals surface area (Å²) >= 11 is 1.78. The number of esters is 1. The second-order valence-corrected chi connectivity index (χ2v) is 5.62. The lowest BCUT2D eigenvalue weighted by atomic mass is 10.1. The third kappa shape index (κ3) is 4.40. The summed E-state index contributed by atoms with van der Waals surface area (Å²) in [5, 5.41) is 0.541. The van der Waals surface area contributed by atoms with E-state index in [9.17, 15) is 4.79 Å². The molecule has 0 fully saturated rings. The van der Waals surface area contributed by atoms with Gasteiger partial charge in [-0.15, -0.1) is 11.8 Å². The summed E-state index contributed by atoms with van der Waals surface area (Å²) in [7, 11) is 0. The van der Waals surface area contributed by atoms with Crippen LogP contribution in [0.3, 0.4) is 0 Å². The van der Waals surface area contributed by atoms with E-state index in [4.69, 9.17) is 10.5 Å². The monoisotopic (exact) mass is 253 g/mol. The Morgan fingerprint density at radius 1 is 1.35 bits per heavy atom. The van der Waals surface area contributed by atoms with Gasteiger partial charge in [-0.25, -0.2) is 4.79 Å². The summed E-state index contributed by atoms with van der Waals surface area (Å²) in [4.78, 5) is 12.6. The number of hydrogen-bond donors (Lipinski definition) is 1. The van der Waals surface area contributed by atoms with Crippen LogP contribution in [0.5, 0.6) is 0 Å². The molecule has 17 heavy (non-hydrogen) atoms. The molecule has 0 aliphatic carbocycles. The van der Waals surface area contributed by atoms with Crippen LogP contribution in [-0.4, -0.2) is 17.8 Å². The second-order valence-electron chi connectivity index (χ2n) is 3.97. The van der Waals surface area contributed by atoms with Crippen molar-refractivity contribution in [2.45, 2.75) is 37.0 Å². The molecule has 0 saturated carbocycles. The third-order valence-electron chi connectivity index (χ3n) is 2.15. The van der Waals surface area contributed by atoms with E-state index >= 15 is 0 Å². The van der Waals surface area contributed by atoms with E-state index < -0.39 is 6.04 Å². The number of carbonyl (C=O) groups is 1. The Labute approximate surface area is 107 Å². The molecule has 1 aromatic carbocycles. The maximum absolute atomic E-state index is 11.5. The topological polar surface area (TPSA) is 52.3 Å². The Morgan fingerprint density at radius 2 is 1.94 bits per heavy atom. The first-order chi connectivity index (χ1) is 8.04. The quantitative estimate of drug-likeness (QED) is 0.647. The fourth-order valence-corrected chi connectivity index (χ4v) is 2.23. The first kappa shape index (κ1) is 14.1. The molecule has 2 N–H and O–H groups in total. The Kier molecular flexibility index (Phi) is 5.51. The number of nitrogens with two attached hydrogens (primary N) is 1. The molecule has 0 aliphatic heterocycles. The zero-order chi connectivity index (χ0) is 12.8. The van der Waals surface area contributed by atoms with Crippen molar-refractivity contribution < 1.29 is 9.53 Å². The fraction of sp³-hybridized carbons (Fsp3) is 0.462. The van der Waals surface area contributed by atoms with E-state index in [0.29, 0.717) is 11.9 Å². The van der Waals surface area contributed by atoms with Crippen molar-refractivity contribution in [1.29, 1.82) is 0 Å². The predicted molar refractivity (Wildman–Crippen MR) is 71.0 cm³/mol. The van der Waals surface area contributed by atoms with E-state index in [0.717, 1.165) is 5.56 Å². The minimum atomic E-state index is -0.687. The number of benzene rings is 1. The zero-order valence-corrected chi connectivity index (χ0v) is 11.3. The number of rotatable bonds is 5. The van der Waals surface area contributed by atoms with E-state index in [1.54, 1.807) is 18.7 Å². The molecular formula is C13H19NO2S. The van der Waals surface area contributed by atoms with Crippen LogP contribution in [0.15, 0.2) is 29.2 Å². The number of thioether (sulfide) groups is 1. The van der Waals surface area contributed by atoms with Crippen LogP contribution in [-0.2, 0) is 9.53 Å². The maximum atomic E-state index is 11.5. The van der Waals surface area contributed by atoms with Gasteiger partial charge in [0.25, 0.3) is 0 Å². The number of hydrogen-bond acceptors (Lipinski definition) is 4. The molecule has 4 heteroatoms. The Bertz CT molecular complexity index is 362. The third-order valence-corrected chi connectivity index (χ3v) is 3.17. The molecule has 0 saturated heterocycles. The molecule has 0 aliphatic rings. The van der Waals surface area contributed by atoms with Crippen molar-refractivity contribution in [3.8, 4) is 0 Å². The van der Waals surface area contributed by atoms with Crippen LogP contribution >= 0.6 is 11.8 Å². The van der Waals surface area contributed by atoms with E-state index in [1.165, 1.54) is 4.90 Å². The lowest BCUT2D eigenvalue weighted by Gasteiger charge is -2.11. The summed E-state index contributed by atoms with van der Waals surface area (Å²) in [6.07, 6.45) is 0. The second kappa shape index (κ2) is 6.67. The van der Waals surface area contributed by atoms with Gasteiger partial charge in [-0.3, -0.25) is 0 Å². The maximum Gasteiger partial charge on any atom is 0.327 e. The van der Waals surface area contributed by atoms with Gasteiger partial charge in [0.1, 0.15) is 6.04 Å². The van der Waals surface area contributed by atoms with Crippen molar-refractivity contribution >= 4 is 17.7 Å². The van der Waals surface area contributed by atoms with Gasteiger partial charge in [0, 0.05) is 10.1 Å². The predicted octanol–water partition coefficient (Wildman–Crippen LogP) is 2.75. The molecule has 0 bridgehead atoms. The first-order valence-electron chi connectivity index (χ1n) is 5.73. The van der Waals surface area contributed by atoms with Crippen LogP contribution in [0.4, 0.5) is 0 Å². The molecule has 3 nitrogen and oxygen atoms in total. The molecule has 1 unspecified atom stereocenters. The van der Waals surface area contributed by atoms with Crippen molar-refractivity contribution in [2.24, 2.45) is 5.73 Å². The van der Waals surface area contributed by atoms with Gasteiger partial charge in [0.15, 0.2) is 0 Å². The van der Waals surface area contributed by atoms with Gasteiger partial charge in [0.2, 0.25) is 0 Å². The standard InChI is InChI=1S/C13H19NO2S/c1-4-16-13(15)12(14)10-5-7-11(8-6-10)17-9(2)3/h5-9,12H,4,14H2,1-3H3. The minimum absolute atomic E-state index is 0.355. The molecule has 0 spiro atoms. The first-order valence-corrected chi connectivity index (χ1v) is 6.61. The number of ether oxygens (including phenoxy) is 1. The van der Waals surface area contributed by atoms with Crippen molar-refractivity contribution in [3.63, 3.8) is 0 Å². The smallest absolute Gasteiger partial charge is 0.327 e. The normalized spacial score (nSPS) is 12.5. The summed E-state index contributed by atoms with van der Waals surface area (Å²) in [5.74, 6) is -0.378. The summed E-state index contributed by atoms with van der Waals surface area (Å²) in [6, 6.07) is 7.05. The summed E-state index contributed by atoms with van der Waals surface area (Å²) in [5.41, 5.74) is 6.58. The lowest BCUT2D eigenvalue weighted by Crippen LogP contribution is -2.23. The molecule has 0 radical (unpaired) electrons. The Hall–Kier alpha value is -1.00. The highest BCUT2D eigenvalue weighted by Crippen LogP contribution is 2.24. The molecular weight excluding hydrogens is 234 g/mol. The van der Waals surface area contributed by atoms with Gasteiger partial charge in [-0.2, -0.15) is 0 Å². The van der Waals surface area contributed by atoms with Crippen LogP contribution in [0.1, 0.15) is 32.4 Å². The number of carbonyl (C=O) groups excluding carboxylic acids is 1. The zero-order valence-electron chi connectivity index (χ0n) is 10.5. The summed E-state index contributed by atoms with van der Waals surface area (Å²) < 4.78 is 4.88. The largest absolute Gasteiger partial charge is 0.465 e. The average Bonchev–Trinajstić information content (AvgIpc) is 2.28. The van der Waals surface area contributed by atoms with Gasteiger partial charge in [-0.05, 0) is 24.6 Å². The fourth-order valence-electron chi connectivity index (χ4n) is 1.39. The highest BCUT2D eigenvalue weighted by molar-refractivity contribution is 7.99. The molecule has 0 heterocycles. The molecule has 0 aromatic heterocycles. The molecule has 1 rings (SSSR count). The average molecular weight is 253 g/mol. The van der Waals surface area contributed by atoms with E-state index in [1.807, 2.05) is 24.3 Å². The lowest BCUT2D eigenvalue weighted by molar-refractivity contribution is -0.144. The van der Waals surface area contributed by atoms with Gasteiger partial charge in [0.05, 0.1) is 6.61 Å². The SMILES string of the molecule is CCOC(=O)C(N)c1ccc(SC(C)C)cc1.